The highest BCUT2D eigenvalue weighted by atomic mass is 16.4. The Morgan fingerprint density at radius 1 is 1.64 bits per heavy atom. The molecule has 1 fully saturated rings. The van der Waals surface area contributed by atoms with E-state index in [0.717, 1.165) is 0 Å². The van der Waals surface area contributed by atoms with Crippen molar-refractivity contribution in [3.05, 3.63) is 0 Å². The number of piperidine rings is 1. The molecule has 1 amide bonds. The maximum absolute atomic E-state index is 10.5. The molecule has 0 unspecified atom stereocenters. The molecule has 0 aliphatic carbocycles. The summed E-state index contributed by atoms with van der Waals surface area (Å²) in [6.07, 6.45) is -0.651. The van der Waals surface area contributed by atoms with E-state index >= 15 is 0 Å². The summed E-state index contributed by atoms with van der Waals surface area (Å²) in [7, 11) is 0. The van der Waals surface area contributed by atoms with E-state index in [9.17, 15) is 9.90 Å². The molecule has 4 nitrogen and oxygen atoms in total. The quantitative estimate of drug-likeness (QED) is 0.536. The van der Waals surface area contributed by atoms with Gasteiger partial charge in [-0.1, -0.05) is 6.92 Å². The first kappa shape index (κ1) is 8.33. The van der Waals surface area contributed by atoms with Crippen molar-refractivity contribution in [3.8, 4) is 0 Å². The Morgan fingerprint density at radius 3 is 2.73 bits per heavy atom. The van der Waals surface area contributed by atoms with Crippen LogP contribution in [0.5, 0.6) is 0 Å². The van der Waals surface area contributed by atoms with Crippen LogP contribution in [0.3, 0.4) is 0 Å². The lowest BCUT2D eigenvalue weighted by molar-refractivity contribution is 0.0370. The third kappa shape index (κ3) is 1.83. The molecule has 2 N–H and O–H groups in total. The highest BCUT2D eigenvalue weighted by Crippen LogP contribution is 2.15. The lowest BCUT2D eigenvalue weighted by atomic mass is 9.97. The number of carbonyl (C=O) groups is 1. The molecular weight excluding hydrogens is 146 g/mol. The molecular formula is C7H13NO3. The minimum Gasteiger partial charge on any atom is -0.465 e. The lowest BCUT2D eigenvalue weighted by Gasteiger charge is -2.32. The number of nitrogens with zero attached hydrogens (tertiary/aromatic N) is 1. The lowest BCUT2D eigenvalue weighted by Crippen LogP contribution is -2.44. The highest BCUT2D eigenvalue weighted by Gasteiger charge is 2.26. The summed E-state index contributed by atoms with van der Waals surface area (Å²) in [5, 5.41) is 17.8. The van der Waals surface area contributed by atoms with Gasteiger partial charge in [-0.05, 0) is 12.3 Å². The van der Waals surface area contributed by atoms with Gasteiger partial charge in [0.2, 0.25) is 0 Å². The number of amides is 1. The number of hydrogen-bond acceptors (Lipinski definition) is 2. The second kappa shape index (κ2) is 3.09. The van der Waals surface area contributed by atoms with Crippen LogP contribution in [0.1, 0.15) is 13.3 Å². The standard InChI is InChI=1S/C7H13NO3/c1-5-4-8(7(10)11)3-2-6(5)9/h5-6,9H,2-4H2,1H3,(H,10,11)/t5-,6+/m1/s1. The average molecular weight is 159 g/mol. The minimum atomic E-state index is -0.885. The summed E-state index contributed by atoms with van der Waals surface area (Å²) in [6, 6.07) is 0. The van der Waals surface area contributed by atoms with E-state index in [0.29, 0.717) is 19.5 Å². The summed E-state index contributed by atoms with van der Waals surface area (Å²) in [4.78, 5) is 11.8. The van der Waals surface area contributed by atoms with Crippen molar-refractivity contribution >= 4 is 6.09 Å². The number of hydrogen-bond donors (Lipinski definition) is 2. The fourth-order valence-corrected chi connectivity index (χ4v) is 1.31. The summed E-state index contributed by atoms with van der Waals surface area (Å²) in [6.45, 7) is 2.77. The van der Waals surface area contributed by atoms with Crippen LogP contribution >= 0.6 is 0 Å². The second-order valence-electron chi connectivity index (χ2n) is 3.06. The average Bonchev–Trinajstić information content (AvgIpc) is 1.94. The molecule has 0 radical (unpaired) electrons. The molecule has 11 heavy (non-hydrogen) atoms. The van der Waals surface area contributed by atoms with Gasteiger partial charge in [-0.2, -0.15) is 0 Å². The van der Waals surface area contributed by atoms with E-state index in [1.54, 1.807) is 0 Å². The van der Waals surface area contributed by atoms with Gasteiger partial charge in [0.05, 0.1) is 6.10 Å². The van der Waals surface area contributed by atoms with Gasteiger partial charge < -0.3 is 15.1 Å². The van der Waals surface area contributed by atoms with E-state index in [-0.39, 0.29) is 12.0 Å². The van der Waals surface area contributed by atoms with Gasteiger partial charge in [-0.15, -0.1) is 0 Å². The van der Waals surface area contributed by atoms with Gasteiger partial charge in [-0.3, -0.25) is 0 Å². The maximum atomic E-state index is 10.5. The molecule has 0 saturated carbocycles. The van der Waals surface area contributed by atoms with Crippen molar-refractivity contribution in [1.29, 1.82) is 0 Å². The largest absolute Gasteiger partial charge is 0.465 e. The Hall–Kier alpha value is -0.770. The number of aliphatic hydroxyl groups is 1. The van der Waals surface area contributed by atoms with Crippen LogP contribution in [0.4, 0.5) is 4.79 Å². The van der Waals surface area contributed by atoms with Crippen molar-refractivity contribution in [3.63, 3.8) is 0 Å². The summed E-state index contributed by atoms with van der Waals surface area (Å²) < 4.78 is 0. The highest BCUT2D eigenvalue weighted by molar-refractivity contribution is 5.65. The van der Waals surface area contributed by atoms with Crippen LogP contribution < -0.4 is 0 Å². The van der Waals surface area contributed by atoms with Crippen molar-refractivity contribution in [2.45, 2.75) is 19.4 Å². The third-order valence-corrected chi connectivity index (χ3v) is 2.13. The Balaban J connectivity index is 2.46. The van der Waals surface area contributed by atoms with E-state index in [4.69, 9.17) is 5.11 Å². The molecule has 1 aliphatic rings. The SMILES string of the molecule is C[C@@H]1CN(C(=O)O)CC[C@@H]1O. The molecule has 2 atom stereocenters. The van der Waals surface area contributed by atoms with Crippen LogP contribution in [-0.4, -0.2) is 40.4 Å². The van der Waals surface area contributed by atoms with Gasteiger partial charge in [-0.25, -0.2) is 4.79 Å². The van der Waals surface area contributed by atoms with E-state index in [1.807, 2.05) is 6.92 Å². The Bertz CT molecular complexity index is 160. The molecule has 4 heteroatoms. The van der Waals surface area contributed by atoms with E-state index in [1.165, 1.54) is 4.90 Å². The molecule has 0 bridgehead atoms. The molecule has 1 heterocycles. The number of likely N-dealkylation sites (tertiary alicyclic amines) is 1. The fraction of sp³-hybridized carbons (Fsp3) is 0.857. The van der Waals surface area contributed by atoms with Gasteiger partial charge in [0.15, 0.2) is 0 Å². The predicted octanol–water partition coefficient (Wildman–Crippen LogP) is 0.367. The van der Waals surface area contributed by atoms with Gasteiger partial charge in [0.1, 0.15) is 0 Å². The van der Waals surface area contributed by atoms with Gasteiger partial charge >= 0.3 is 6.09 Å². The first-order valence-electron chi connectivity index (χ1n) is 3.77. The Labute approximate surface area is 65.4 Å². The molecule has 0 aromatic rings. The number of aliphatic hydroxyl groups excluding tert-OH is 1. The summed E-state index contributed by atoms with van der Waals surface area (Å²) in [5.41, 5.74) is 0. The maximum Gasteiger partial charge on any atom is 0.407 e. The Kier molecular flexibility index (Phi) is 2.34. The fourth-order valence-electron chi connectivity index (χ4n) is 1.31. The van der Waals surface area contributed by atoms with Crippen LogP contribution in [-0.2, 0) is 0 Å². The van der Waals surface area contributed by atoms with Crippen LogP contribution in [0.25, 0.3) is 0 Å². The van der Waals surface area contributed by atoms with Crippen molar-refractivity contribution in [1.82, 2.24) is 4.90 Å². The molecule has 0 spiro atoms. The first-order valence-corrected chi connectivity index (χ1v) is 3.77. The van der Waals surface area contributed by atoms with Crippen LogP contribution in [0.2, 0.25) is 0 Å². The normalized spacial score (nSPS) is 32.0. The van der Waals surface area contributed by atoms with Crippen molar-refractivity contribution in [2.75, 3.05) is 13.1 Å². The zero-order chi connectivity index (χ0) is 8.43. The summed E-state index contributed by atoms with van der Waals surface area (Å²) >= 11 is 0. The Morgan fingerprint density at radius 2 is 2.27 bits per heavy atom. The second-order valence-corrected chi connectivity index (χ2v) is 3.06. The van der Waals surface area contributed by atoms with Crippen molar-refractivity contribution in [2.24, 2.45) is 5.92 Å². The predicted molar refractivity (Wildman–Crippen MR) is 39.4 cm³/mol. The smallest absolute Gasteiger partial charge is 0.407 e. The molecule has 1 saturated heterocycles. The zero-order valence-electron chi connectivity index (χ0n) is 6.53. The third-order valence-electron chi connectivity index (χ3n) is 2.13. The van der Waals surface area contributed by atoms with E-state index in [2.05, 4.69) is 0 Å². The van der Waals surface area contributed by atoms with Crippen molar-refractivity contribution < 1.29 is 15.0 Å². The van der Waals surface area contributed by atoms with Crippen LogP contribution in [0.15, 0.2) is 0 Å². The monoisotopic (exact) mass is 159 g/mol. The van der Waals surface area contributed by atoms with Crippen LogP contribution in [0, 0.1) is 5.92 Å². The van der Waals surface area contributed by atoms with Gasteiger partial charge in [0, 0.05) is 13.1 Å². The molecule has 64 valence electrons. The molecule has 1 rings (SSSR count). The topological polar surface area (TPSA) is 60.8 Å². The zero-order valence-corrected chi connectivity index (χ0v) is 6.53. The first-order chi connectivity index (χ1) is 5.11. The minimum absolute atomic E-state index is 0.0693. The summed E-state index contributed by atoms with van der Waals surface area (Å²) in [5.74, 6) is 0.0693. The number of rotatable bonds is 0. The molecule has 0 aromatic heterocycles. The number of carboxylic acid groups (broad SMARTS) is 1. The van der Waals surface area contributed by atoms with E-state index < -0.39 is 6.09 Å². The van der Waals surface area contributed by atoms with Gasteiger partial charge in [0.25, 0.3) is 0 Å². The molecule has 1 aliphatic heterocycles. The molecule has 0 aromatic carbocycles.